The standard InChI is InChI=1S/C25H36N6O6S/c1-14(2)21(24(35)29-19(25(36)37)8-9-38-3)31-23(34)20(10-15-4-6-17(32)7-5-15)30-22(33)18(26)11-16-12-27-13-28-16/h4-7,12-14,18-21,32H,8-11,26H2,1-3H3,(H,27,28)(H,29,35)(H,30,33)(H,31,34)(H,36,37). The smallest absolute Gasteiger partial charge is 0.326 e. The minimum Gasteiger partial charge on any atom is -0.508 e. The van der Waals surface area contributed by atoms with Crippen LogP contribution in [0.4, 0.5) is 0 Å². The van der Waals surface area contributed by atoms with Crippen molar-refractivity contribution in [2.24, 2.45) is 11.7 Å². The third-order valence-electron chi connectivity index (χ3n) is 5.81. The highest BCUT2D eigenvalue weighted by molar-refractivity contribution is 7.98. The van der Waals surface area contributed by atoms with Crippen LogP contribution in [-0.4, -0.2) is 80.0 Å². The van der Waals surface area contributed by atoms with Crippen molar-refractivity contribution in [1.29, 1.82) is 0 Å². The number of rotatable bonds is 15. The highest BCUT2D eigenvalue weighted by Crippen LogP contribution is 2.13. The van der Waals surface area contributed by atoms with Gasteiger partial charge in [0.25, 0.3) is 0 Å². The number of aromatic amines is 1. The molecule has 0 saturated heterocycles. The summed E-state index contributed by atoms with van der Waals surface area (Å²) in [7, 11) is 0. The number of carbonyl (C=O) groups is 4. The van der Waals surface area contributed by atoms with Crippen LogP contribution in [0.25, 0.3) is 0 Å². The average Bonchev–Trinajstić information content (AvgIpc) is 3.38. The first-order valence-electron chi connectivity index (χ1n) is 12.1. The Bertz CT molecular complexity index is 1060. The van der Waals surface area contributed by atoms with Gasteiger partial charge in [0, 0.05) is 24.7 Å². The SMILES string of the molecule is CSCCC(NC(=O)C(NC(=O)C(Cc1ccc(O)cc1)NC(=O)C(N)Cc1cnc[nH]1)C(C)C)C(=O)O. The average molecular weight is 549 g/mol. The lowest BCUT2D eigenvalue weighted by molar-refractivity contribution is -0.142. The van der Waals surface area contributed by atoms with E-state index in [4.69, 9.17) is 5.73 Å². The summed E-state index contributed by atoms with van der Waals surface area (Å²) >= 11 is 1.46. The number of aromatic nitrogens is 2. The van der Waals surface area contributed by atoms with Gasteiger partial charge in [-0.15, -0.1) is 0 Å². The third kappa shape index (κ3) is 9.71. The van der Waals surface area contributed by atoms with Crippen LogP contribution in [0.5, 0.6) is 5.75 Å². The van der Waals surface area contributed by atoms with Gasteiger partial charge in [0.05, 0.1) is 12.4 Å². The monoisotopic (exact) mass is 548 g/mol. The van der Waals surface area contributed by atoms with E-state index in [1.54, 1.807) is 32.2 Å². The predicted octanol–water partition coefficient (Wildman–Crippen LogP) is 0.176. The van der Waals surface area contributed by atoms with E-state index in [0.29, 0.717) is 17.0 Å². The molecule has 208 valence electrons. The molecule has 38 heavy (non-hydrogen) atoms. The lowest BCUT2D eigenvalue weighted by Crippen LogP contribution is -2.59. The van der Waals surface area contributed by atoms with Gasteiger partial charge in [-0.1, -0.05) is 26.0 Å². The normalized spacial score (nSPS) is 14.2. The second kappa shape index (κ2) is 15.0. The third-order valence-corrected chi connectivity index (χ3v) is 6.46. The molecule has 8 N–H and O–H groups in total. The number of benzene rings is 1. The topological polar surface area (TPSA) is 200 Å². The second-order valence-corrected chi connectivity index (χ2v) is 10.2. The first-order valence-corrected chi connectivity index (χ1v) is 13.5. The van der Waals surface area contributed by atoms with E-state index in [9.17, 15) is 29.4 Å². The number of phenols is 1. The zero-order valence-corrected chi connectivity index (χ0v) is 22.5. The maximum atomic E-state index is 13.4. The van der Waals surface area contributed by atoms with Crippen molar-refractivity contribution in [3.63, 3.8) is 0 Å². The number of hydrogen-bond acceptors (Lipinski definition) is 8. The first-order chi connectivity index (χ1) is 18.0. The van der Waals surface area contributed by atoms with Crippen molar-refractivity contribution < 1.29 is 29.4 Å². The van der Waals surface area contributed by atoms with Gasteiger partial charge in [0.1, 0.15) is 23.9 Å². The summed E-state index contributed by atoms with van der Waals surface area (Å²) in [4.78, 5) is 57.6. The van der Waals surface area contributed by atoms with Gasteiger partial charge < -0.3 is 36.9 Å². The molecule has 0 radical (unpaired) electrons. The van der Waals surface area contributed by atoms with E-state index >= 15 is 0 Å². The molecule has 1 aromatic heterocycles. The number of nitrogens with one attached hydrogen (secondary N) is 4. The van der Waals surface area contributed by atoms with Gasteiger partial charge in [-0.3, -0.25) is 14.4 Å². The van der Waals surface area contributed by atoms with E-state index in [1.807, 2.05) is 6.26 Å². The van der Waals surface area contributed by atoms with Gasteiger partial charge in [0.15, 0.2) is 0 Å². The molecule has 2 rings (SSSR count). The van der Waals surface area contributed by atoms with Gasteiger partial charge in [-0.2, -0.15) is 11.8 Å². The number of nitrogens with two attached hydrogens (primary N) is 1. The van der Waals surface area contributed by atoms with E-state index in [2.05, 4.69) is 25.9 Å². The lowest BCUT2D eigenvalue weighted by atomic mass is 10.00. The fourth-order valence-electron chi connectivity index (χ4n) is 3.63. The second-order valence-electron chi connectivity index (χ2n) is 9.23. The van der Waals surface area contributed by atoms with Gasteiger partial charge >= 0.3 is 5.97 Å². The Morgan fingerprint density at radius 3 is 2.21 bits per heavy atom. The molecule has 0 saturated carbocycles. The van der Waals surface area contributed by atoms with Crippen LogP contribution in [0.3, 0.4) is 0 Å². The molecule has 1 aromatic carbocycles. The van der Waals surface area contributed by atoms with Crippen LogP contribution in [0, 0.1) is 5.92 Å². The van der Waals surface area contributed by atoms with Crippen LogP contribution < -0.4 is 21.7 Å². The maximum absolute atomic E-state index is 13.4. The molecule has 0 aliphatic rings. The number of carbonyl (C=O) groups excluding carboxylic acids is 3. The Hall–Kier alpha value is -3.58. The van der Waals surface area contributed by atoms with Crippen LogP contribution in [-0.2, 0) is 32.0 Å². The van der Waals surface area contributed by atoms with Crippen molar-refractivity contribution >= 4 is 35.5 Å². The summed E-state index contributed by atoms with van der Waals surface area (Å²) in [5.74, 6) is -2.79. The molecule has 0 aliphatic heterocycles. The fourth-order valence-corrected chi connectivity index (χ4v) is 4.10. The Labute approximate surface area is 225 Å². The Kier molecular flexibility index (Phi) is 12.1. The molecular weight excluding hydrogens is 512 g/mol. The lowest BCUT2D eigenvalue weighted by Gasteiger charge is -2.27. The summed E-state index contributed by atoms with van der Waals surface area (Å²) in [5.41, 5.74) is 7.35. The minimum absolute atomic E-state index is 0.0476. The molecule has 13 heteroatoms. The van der Waals surface area contributed by atoms with Gasteiger partial charge in [-0.05, 0) is 42.0 Å². The van der Waals surface area contributed by atoms with E-state index in [1.165, 1.54) is 30.2 Å². The molecule has 4 unspecified atom stereocenters. The number of phenolic OH excluding ortho intramolecular Hbond substituents is 1. The summed E-state index contributed by atoms with van der Waals surface area (Å²) < 4.78 is 0. The highest BCUT2D eigenvalue weighted by atomic mass is 32.2. The van der Waals surface area contributed by atoms with E-state index in [-0.39, 0.29) is 30.9 Å². The zero-order valence-electron chi connectivity index (χ0n) is 21.6. The number of aromatic hydroxyl groups is 1. The molecule has 0 spiro atoms. The van der Waals surface area contributed by atoms with Crippen molar-refractivity contribution in [3.05, 3.63) is 48.0 Å². The molecule has 0 bridgehead atoms. The number of thioether (sulfide) groups is 1. The van der Waals surface area contributed by atoms with Crippen molar-refractivity contribution in [1.82, 2.24) is 25.9 Å². The Morgan fingerprint density at radius 1 is 1.00 bits per heavy atom. The zero-order chi connectivity index (χ0) is 28.2. The molecule has 12 nitrogen and oxygen atoms in total. The Morgan fingerprint density at radius 2 is 1.66 bits per heavy atom. The van der Waals surface area contributed by atoms with Gasteiger partial charge in [-0.25, -0.2) is 9.78 Å². The molecule has 2 aromatic rings. The summed E-state index contributed by atoms with van der Waals surface area (Å²) in [6, 6.07) is 1.94. The number of H-pyrrole nitrogens is 1. The minimum atomic E-state index is -1.16. The number of aliphatic carboxylic acids is 1. The van der Waals surface area contributed by atoms with Crippen LogP contribution in [0.2, 0.25) is 0 Å². The largest absolute Gasteiger partial charge is 0.508 e. The van der Waals surface area contributed by atoms with Gasteiger partial charge in [0.2, 0.25) is 17.7 Å². The molecular formula is C25H36N6O6S. The number of amides is 3. The predicted molar refractivity (Wildman–Crippen MR) is 143 cm³/mol. The molecule has 0 fully saturated rings. The van der Waals surface area contributed by atoms with Crippen LogP contribution in [0.15, 0.2) is 36.8 Å². The van der Waals surface area contributed by atoms with E-state index in [0.717, 1.165) is 0 Å². The number of imidazole rings is 1. The van der Waals surface area contributed by atoms with Crippen molar-refractivity contribution in [2.75, 3.05) is 12.0 Å². The van der Waals surface area contributed by atoms with E-state index < -0.39 is 47.9 Å². The summed E-state index contributed by atoms with van der Waals surface area (Å²) in [5, 5.41) is 26.9. The van der Waals surface area contributed by atoms with Crippen molar-refractivity contribution in [3.8, 4) is 5.75 Å². The number of carboxylic acid groups (broad SMARTS) is 1. The number of nitrogens with zero attached hydrogens (tertiary/aromatic N) is 1. The Balaban J connectivity index is 2.19. The summed E-state index contributed by atoms with van der Waals surface area (Å²) in [6.45, 7) is 3.44. The van der Waals surface area contributed by atoms with Crippen molar-refractivity contribution in [2.45, 2.75) is 57.3 Å². The van der Waals surface area contributed by atoms with Crippen LogP contribution in [0.1, 0.15) is 31.5 Å². The number of carboxylic acids is 1. The first kappa shape index (κ1) is 30.6. The summed E-state index contributed by atoms with van der Waals surface area (Å²) in [6.07, 6.45) is 5.31. The fraction of sp³-hybridized carbons (Fsp3) is 0.480. The molecule has 1 heterocycles. The number of hydrogen-bond donors (Lipinski definition) is 7. The molecule has 0 aliphatic carbocycles. The highest BCUT2D eigenvalue weighted by Gasteiger charge is 2.32. The molecule has 3 amide bonds. The quantitative estimate of drug-likeness (QED) is 0.162. The van der Waals surface area contributed by atoms with Crippen LogP contribution >= 0.6 is 11.8 Å². The molecule has 4 atom stereocenters. The maximum Gasteiger partial charge on any atom is 0.326 e.